The SMILES string of the molecule is Cc1nccc(-c2noc(CC(N)CC(C)C)n2)n1. The van der Waals surface area contributed by atoms with Crippen LogP contribution in [0.4, 0.5) is 0 Å². The molecule has 0 bridgehead atoms. The predicted molar refractivity (Wildman–Crippen MR) is 71.2 cm³/mol. The molecule has 2 aromatic rings. The Kier molecular flexibility index (Phi) is 4.21. The molecule has 0 aliphatic heterocycles. The first kappa shape index (κ1) is 13.6. The van der Waals surface area contributed by atoms with Crippen LogP contribution in [-0.2, 0) is 6.42 Å². The van der Waals surface area contributed by atoms with Gasteiger partial charge in [0.25, 0.3) is 0 Å². The van der Waals surface area contributed by atoms with Crippen molar-refractivity contribution in [1.82, 2.24) is 20.1 Å². The number of nitrogens with zero attached hydrogens (tertiary/aromatic N) is 4. The second-order valence-corrected chi connectivity index (χ2v) is 5.09. The van der Waals surface area contributed by atoms with Crippen molar-refractivity contribution in [3.63, 3.8) is 0 Å². The maximum absolute atomic E-state index is 6.03. The van der Waals surface area contributed by atoms with Crippen molar-refractivity contribution in [2.24, 2.45) is 11.7 Å². The smallest absolute Gasteiger partial charge is 0.228 e. The number of hydrogen-bond acceptors (Lipinski definition) is 6. The quantitative estimate of drug-likeness (QED) is 0.881. The van der Waals surface area contributed by atoms with Crippen molar-refractivity contribution in [2.45, 2.75) is 39.7 Å². The summed E-state index contributed by atoms with van der Waals surface area (Å²) in [6, 6.07) is 1.80. The van der Waals surface area contributed by atoms with E-state index in [-0.39, 0.29) is 6.04 Å². The second-order valence-electron chi connectivity index (χ2n) is 5.09. The molecule has 2 aromatic heterocycles. The van der Waals surface area contributed by atoms with Crippen molar-refractivity contribution in [3.05, 3.63) is 24.0 Å². The molecule has 6 nitrogen and oxygen atoms in total. The highest BCUT2D eigenvalue weighted by Gasteiger charge is 2.14. The Hall–Kier alpha value is -1.82. The average Bonchev–Trinajstić information content (AvgIpc) is 2.76. The summed E-state index contributed by atoms with van der Waals surface area (Å²) in [5, 5.41) is 3.93. The van der Waals surface area contributed by atoms with Gasteiger partial charge in [0.05, 0.1) is 0 Å². The second kappa shape index (κ2) is 5.88. The van der Waals surface area contributed by atoms with E-state index in [1.807, 2.05) is 6.92 Å². The predicted octanol–water partition coefficient (Wildman–Crippen LogP) is 1.75. The molecule has 102 valence electrons. The topological polar surface area (TPSA) is 90.7 Å². The van der Waals surface area contributed by atoms with Crippen LogP contribution in [0.2, 0.25) is 0 Å². The summed E-state index contributed by atoms with van der Waals surface area (Å²) in [7, 11) is 0. The van der Waals surface area contributed by atoms with E-state index in [1.54, 1.807) is 12.3 Å². The molecule has 0 radical (unpaired) electrons. The van der Waals surface area contributed by atoms with E-state index in [1.165, 1.54) is 0 Å². The standard InChI is InChI=1S/C13H19N5O/c1-8(2)6-10(14)7-12-17-13(18-19-12)11-4-5-15-9(3)16-11/h4-5,8,10H,6-7,14H2,1-3H3. The zero-order chi connectivity index (χ0) is 13.8. The van der Waals surface area contributed by atoms with Gasteiger partial charge in [0, 0.05) is 18.7 Å². The van der Waals surface area contributed by atoms with Crippen LogP contribution in [0.3, 0.4) is 0 Å². The fourth-order valence-electron chi connectivity index (χ4n) is 1.94. The summed E-state index contributed by atoms with van der Waals surface area (Å²) in [6.07, 6.45) is 3.21. The molecule has 2 rings (SSSR count). The molecule has 0 spiro atoms. The largest absolute Gasteiger partial charge is 0.339 e. The molecular weight excluding hydrogens is 242 g/mol. The zero-order valence-corrected chi connectivity index (χ0v) is 11.5. The lowest BCUT2D eigenvalue weighted by Crippen LogP contribution is -2.24. The van der Waals surface area contributed by atoms with Gasteiger partial charge in [0.15, 0.2) is 0 Å². The summed E-state index contributed by atoms with van der Waals surface area (Å²) >= 11 is 0. The highest BCUT2D eigenvalue weighted by molar-refractivity contribution is 5.46. The molecule has 0 aromatic carbocycles. The van der Waals surface area contributed by atoms with E-state index in [4.69, 9.17) is 10.3 Å². The number of hydrogen-bond donors (Lipinski definition) is 1. The Morgan fingerprint density at radius 2 is 2.11 bits per heavy atom. The molecule has 0 fully saturated rings. The molecule has 0 aliphatic carbocycles. The molecular formula is C13H19N5O. The summed E-state index contributed by atoms with van der Waals surface area (Å²) in [5.74, 6) is 2.28. The third-order valence-electron chi connectivity index (χ3n) is 2.68. The van der Waals surface area contributed by atoms with E-state index in [9.17, 15) is 0 Å². The number of nitrogens with two attached hydrogens (primary N) is 1. The molecule has 0 amide bonds. The molecule has 19 heavy (non-hydrogen) atoms. The number of aryl methyl sites for hydroxylation is 1. The average molecular weight is 261 g/mol. The first-order valence-electron chi connectivity index (χ1n) is 6.42. The van der Waals surface area contributed by atoms with Crippen molar-refractivity contribution >= 4 is 0 Å². The van der Waals surface area contributed by atoms with Crippen molar-refractivity contribution in [2.75, 3.05) is 0 Å². The molecule has 0 saturated heterocycles. The van der Waals surface area contributed by atoms with Gasteiger partial charge in [-0.15, -0.1) is 0 Å². The van der Waals surface area contributed by atoms with Crippen LogP contribution in [0.1, 0.15) is 32.0 Å². The fourth-order valence-corrected chi connectivity index (χ4v) is 1.94. The van der Waals surface area contributed by atoms with Gasteiger partial charge in [0.2, 0.25) is 11.7 Å². The fraction of sp³-hybridized carbons (Fsp3) is 0.538. The Morgan fingerprint density at radius 3 is 2.79 bits per heavy atom. The highest BCUT2D eigenvalue weighted by atomic mass is 16.5. The maximum atomic E-state index is 6.03. The minimum atomic E-state index is 0.0421. The molecule has 2 heterocycles. The van der Waals surface area contributed by atoms with E-state index in [2.05, 4.69) is 34.0 Å². The first-order chi connectivity index (χ1) is 9.04. The van der Waals surface area contributed by atoms with Crippen molar-refractivity contribution in [3.8, 4) is 11.5 Å². The normalized spacial score (nSPS) is 12.9. The third kappa shape index (κ3) is 3.82. The molecule has 0 aliphatic rings. The minimum Gasteiger partial charge on any atom is -0.339 e. The van der Waals surface area contributed by atoms with E-state index in [0.29, 0.717) is 35.6 Å². The van der Waals surface area contributed by atoms with Gasteiger partial charge in [0.1, 0.15) is 11.5 Å². The number of rotatable bonds is 5. The van der Waals surface area contributed by atoms with Crippen molar-refractivity contribution < 1.29 is 4.52 Å². The Morgan fingerprint density at radius 1 is 1.32 bits per heavy atom. The van der Waals surface area contributed by atoms with Crippen LogP contribution in [-0.4, -0.2) is 26.2 Å². The third-order valence-corrected chi connectivity index (χ3v) is 2.68. The Labute approximate surface area is 112 Å². The minimum absolute atomic E-state index is 0.0421. The van der Waals surface area contributed by atoms with Crippen LogP contribution in [0.5, 0.6) is 0 Å². The maximum Gasteiger partial charge on any atom is 0.228 e. The van der Waals surface area contributed by atoms with Gasteiger partial charge in [-0.1, -0.05) is 19.0 Å². The summed E-state index contributed by atoms with van der Waals surface area (Å²) < 4.78 is 5.21. The lowest BCUT2D eigenvalue weighted by molar-refractivity contribution is 0.359. The number of aromatic nitrogens is 4. The van der Waals surface area contributed by atoms with Crippen molar-refractivity contribution in [1.29, 1.82) is 0 Å². The molecule has 6 heteroatoms. The molecule has 1 unspecified atom stereocenters. The zero-order valence-electron chi connectivity index (χ0n) is 11.5. The van der Waals surface area contributed by atoms with Crippen LogP contribution in [0.25, 0.3) is 11.5 Å². The summed E-state index contributed by atoms with van der Waals surface area (Å²) in [5.41, 5.74) is 6.69. The lowest BCUT2D eigenvalue weighted by Gasteiger charge is -2.10. The molecule has 2 N–H and O–H groups in total. The molecule has 0 saturated carbocycles. The van der Waals surface area contributed by atoms with Gasteiger partial charge in [-0.2, -0.15) is 4.98 Å². The van der Waals surface area contributed by atoms with Crippen LogP contribution < -0.4 is 5.73 Å². The van der Waals surface area contributed by atoms with E-state index >= 15 is 0 Å². The first-order valence-corrected chi connectivity index (χ1v) is 6.42. The van der Waals surface area contributed by atoms with Gasteiger partial charge in [-0.05, 0) is 25.3 Å². The molecule has 1 atom stereocenters. The van der Waals surface area contributed by atoms with E-state index < -0.39 is 0 Å². The van der Waals surface area contributed by atoms with Gasteiger partial charge in [-0.25, -0.2) is 9.97 Å². The van der Waals surface area contributed by atoms with Gasteiger partial charge < -0.3 is 10.3 Å². The van der Waals surface area contributed by atoms with E-state index in [0.717, 1.165) is 6.42 Å². The van der Waals surface area contributed by atoms with Crippen LogP contribution >= 0.6 is 0 Å². The Bertz CT molecular complexity index is 537. The monoisotopic (exact) mass is 261 g/mol. The summed E-state index contributed by atoms with van der Waals surface area (Å²) in [4.78, 5) is 12.6. The van der Waals surface area contributed by atoms with Gasteiger partial charge in [-0.3, -0.25) is 0 Å². The van der Waals surface area contributed by atoms with Crippen LogP contribution in [0, 0.1) is 12.8 Å². The Balaban J connectivity index is 2.07. The summed E-state index contributed by atoms with van der Waals surface area (Å²) in [6.45, 7) is 6.11. The highest BCUT2D eigenvalue weighted by Crippen LogP contribution is 2.14. The van der Waals surface area contributed by atoms with Gasteiger partial charge >= 0.3 is 0 Å². The lowest BCUT2D eigenvalue weighted by atomic mass is 10.0. The van der Waals surface area contributed by atoms with Crippen LogP contribution in [0.15, 0.2) is 16.8 Å².